The maximum atomic E-state index is 12.6. The van der Waals surface area contributed by atoms with E-state index in [4.69, 9.17) is 0 Å². The minimum absolute atomic E-state index is 0.129. The lowest BCUT2D eigenvalue weighted by Crippen LogP contribution is -2.54. The number of likely N-dealkylation sites (tertiary alicyclic amines) is 1. The van der Waals surface area contributed by atoms with Gasteiger partial charge in [0.1, 0.15) is 0 Å². The molecule has 1 atom stereocenters. The Kier molecular flexibility index (Phi) is 5.48. The van der Waals surface area contributed by atoms with Crippen molar-refractivity contribution in [3.8, 4) is 0 Å². The maximum Gasteiger partial charge on any atom is 0.311 e. The van der Waals surface area contributed by atoms with Crippen LogP contribution in [0.15, 0.2) is 24.3 Å². The third-order valence-corrected chi connectivity index (χ3v) is 6.73. The summed E-state index contributed by atoms with van der Waals surface area (Å²) < 4.78 is 0. The molecule has 1 saturated heterocycles. The van der Waals surface area contributed by atoms with Gasteiger partial charge in [0.15, 0.2) is 0 Å². The molecule has 1 aliphatic heterocycles. The Hall–Kier alpha value is -1.88. The second kappa shape index (κ2) is 8.01. The number of fused-ring (bicyclic) bond motifs is 1. The molecular weight excluding hydrogens is 338 g/mol. The van der Waals surface area contributed by atoms with Crippen molar-refractivity contribution in [2.24, 2.45) is 0 Å². The minimum atomic E-state index is -0.421. The van der Waals surface area contributed by atoms with Gasteiger partial charge in [-0.05, 0) is 56.2 Å². The van der Waals surface area contributed by atoms with Gasteiger partial charge in [-0.3, -0.25) is 14.5 Å². The van der Waals surface area contributed by atoms with Crippen LogP contribution in [0.5, 0.6) is 0 Å². The summed E-state index contributed by atoms with van der Waals surface area (Å²) in [5.74, 6) is -0.793. The molecule has 2 amide bonds. The molecule has 0 radical (unpaired) electrons. The van der Waals surface area contributed by atoms with Crippen molar-refractivity contribution in [2.75, 3.05) is 20.1 Å². The Balaban J connectivity index is 1.33. The first kappa shape index (κ1) is 18.5. The number of nitrogens with zero attached hydrogens (tertiary/aromatic N) is 2. The molecule has 3 aliphatic rings. The van der Waals surface area contributed by atoms with E-state index in [2.05, 4.69) is 34.5 Å². The molecule has 1 saturated carbocycles. The zero-order valence-corrected chi connectivity index (χ0v) is 16.3. The number of likely N-dealkylation sites (N-methyl/N-ethyl adjacent to an activating group) is 1. The first-order valence-corrected chi connectivity index (χ1v) is 10.5. The molecule has 0 bridgehead atoms. The van der Waals surface area contributed by atoms with E-state index < -0.39 is 5.91 Å². The van der Waals surface area contributed by atoms with Gasteiger partial charge in [-0.1, -0.05) is 37.1 Å². The number of benzene rings is 1. The highest BCUT2D eigenvalue weighted by Gasteiger charge is 2.34. The zero-order chi connectivity index (χ0) is 18.8. The average molecular weight is 370 g/mol. The zero-order valence-electron chi connectivity index (χ0n) is 16.3. The summed E-state index contributed by atoms with van der Waals surface area (Å²) in [5, 5.41) is 2.93. The lowest BCUT2D eigenvalue weighted by atomic mass is 10.0. The van der Waals surface area contributed by atoms with Crippen molar-refractivity contribution in [3.63, 3.8) is 0 Å². The third kappa shape index (κ3) is 4.03. The van der Waals surface area contributed by atoms with Crippen molar-refractivity contribution < 1.29 is 9.59 Å². The van der Waals surface area contributed by atoms with Crippen molar-refractivity contribution in [2.45, 2.75) is 69.5 Å². The van der Waals surface area contributed by atoms with Gasteiger partial charge in [-0.15, -0.1) is 0 Å². The highest BCUT2D eigenvalue weighted by Crippen LogP contribution is 2.28. The van der Waals surface area contributed by atoms with Crippen LogP contribution >= 0.6 is 0 Å². The van der Waals surface area contributed by atoms with Crippen LogP contribution in [0, 0.1) is 0 Å². The molecule has 27 heavy (non-hydrogen) atoms. The smallest absolute Gasteiger partial charge is 0.311 e. The molecule has 146 valence electrons. The number of rotatable bonds is 3. The summed E-state index contributed by atoms with van der Waals surface area (Å²) in [4.78, 5) is 29.2. The molecule has 2 fully saturated rings. The standard InChI is InChI=1S/C22H31N3O2/c1-24(22(27)21(26)23-18-9-4-5-10-18)19-11-6-12-25(15-19)20-13-16-7-2-3-8-17(16)14-20/h2-3,7-8,18-20H,4-6,9-15H2,1H3,(H,23,26)/t19-/m1/s1. The maximum absolute atomic E-state index is 12.6. The Labute approximate surface area is 162 Å². The average Bonchev–Trinajstić information content (AvgIpc) is 3.36. The summed E-state index contributed by atoms with van der Waals surface area (Å²) in [7, 11) is 1.80. The molecule has 0 aromatic heterocycles. The fraction of sp³-hybridized carbons (Fsp3) is 0.636. The number of hydrogen-bond acceptors (Lipinski definition) is 3. The molecule has 1 aromatic rings. The van der Waals surface area contributed by atoms with Gasteiger partial charge >= 0.3 is 11.8 Å². The monoisotopic (exact) mass is 369 g/mol. The van der Waals surface area contributed by atoms with Crippen LogP contribution in [-0.2, 0) is 22.4 Å². The predicted molar refractivity (Wildman–Crippen MR) is 105 cm³/mol. The minimum Gasteiger partial charge on any atom is -0.345 e. The summed E-state index contributed by atoms with van der Waals surface area (Å²) in [6, 6.07) is 9.56. The molecule has 0 unspecified atom stereocenters. The van der Waals surface area contributed by atoms with Gasteiger partial charge in [0.05, 0.1) is 0 Å². The first-order valence-electron chi connectivity index (χ1n) is 10.5. The Morgan fingerprint density at radius 3 is 2.37 bits per heavy atom. The van der Waals surface area contributed by atoms with Crippen molar-refractivity contribution in [3.05, 3.63) is 35.4 Å². The van der Waals surface area contributed by atoms with Gasteiger partial charge in [-0.2, -0.15) is 0 Å². The summed E-state index contributed by atoms with van der Waals surface area (Å²) in [6.07, 6.45) is 8.57. The van der Waals surface area contributed by atoms with E-state index in [0.29, 0.717) is 6.04 Å². The normalized spacial score (nSPS) is 24.0. The van der Waals surface area contributed by atoms with Gasteiger partial charge in [0.25, 0.3) is 0 Å². The lowest BCUT2D eigenvalue weighted by molar-refractivity contribution is -0.147. The van der Waals surface area contributed by atoms with E-state index >= 15 is 0 Å². The summed E-state index contributed by atoms with van der Waals surface area (Å²) in [5.41, 5.74) is 2.93. The van der Waals surface area contributed by atoms with E-state index in [1.165, 1.54) is 11.1 Å². The second-order valence-corrected chi connectivity index (χ2v) is 8.49. The van der Waals surface area contributed by atoms with E-state index in [1.807, 2.05) is 0 Å². The van der Waals surface area contributed by atoms with Crippen LogP contribution in [0.25, 0.3) is 0 Å². The Morgan fingerprint density at radius 2 is 1.70 bits per heavy atom. The molecule has 1 N–H and O–H groups in total. The molecule has 5 heteroatoms. The van der Waals surface area contributed by atoms with Crippen LogP contribution in [-0.4, -0.2) is 59.9 Å². The van der Waals surface area contributed by atoms with Crippen molar-refractivity contribution in [1.29, 1.82) is 0 Å². The van der Waals surface area contributed by atoms with Gasteiger partial charge < -0.3 is 10.2 Å². The van der Waals surface area contributed by atoms with Crippen LogP contribution in [0.3, 0.4) is 0 Å². The van der Waals surface area contributed by atoms with Gasteiger partial charge in [0, 0.05) is 31.7 Å². The second-order valence-electron chi connectivity index (χ2n) is 8.49. The molecule has 2 aliphatic carbocycles. The summed E-state index contributed by atoms with van der Waals surface area (Å²) in [6.45, 7) is 1.96. The number of amides is 2. The SMILES string of the molecule is CN(C(=O)C(=O)NC1CCCC1)[C@@H]1CCCN(C2Cc3ccccc3C2)C1. The number of hydrogen-bond donors (Lipinski definition) is 1. The lowest BCUT2D eigenvalue weighted by Gasteiger charge is -2.40. The van der Waals surface area contributed by atoms with Crippen LogP contribution < -0.4 is 5.32 Å². The van der Waals surface area contributed by atoms with Gasteiger partial charge in [0.2, 0.25) is 0 Å². The van der Waals surface area contributed by atoms with Gasteiger partial charge in [-0.25, -0.2) is 0 Å². The van der Waals surface area contributed by atoms with Crippen molar-refractivity contribution >= 4 is 11.8 Å². The number of carbonyl (C=O) groups excluding carboxylic acids is 2. The van der Waals surface area contributed by atoms with E-state index in [0.717, 1.165) is 64.5 Å². The largest absolute Gasteiger partial charge is 0.345 e. The van der Waals surface area contributed by atoms with E-state index in [9.17, 15) is 9.59 Å². The first-order chi connectivity index (χ1) is 13.1. The third-order valence-electron chi connectivity index (χ3n) is 6.73. The molecule has 1 heterocycles. The number of carbonyl (C=O) groups is 2. The number of piperidine rings is 1. The van der Waals surface area contributed by atoms with Crippen molar-refractivity contribution in [1.82, 2.24) is 15.1 Å². The molecule has 4 rings (SSSR count). The van der Waals surface area contributed by atoms with Crippen LogP contribution in [0.4, 0.5) is 0 Å². The fourth-order valence-corrected chi connectivity index (χ4v) is 5.07. The van der Waals surface area contributed by atoms with Crippen LogP contribution in [0.1, 0.15) is 49.7 Å². The summed E-state index contributed by atoms with van der Waals surface area (Å²) >= 11 is 0. The Bertz CT molecular complexity index is 674. The van der Waals surface area contributed by atoms with E-state index in [-0.39, 0.29) is 18.0 Å². The van der Waals surface area contributed by atoms with E-state index in [1.54, 1.807) is 11.9 Å². The van der Waals surface area contributed by atoms with Crippen LogP contribution in [0.2, 0.25) is 0 Å². The molecule has 1 aromatic carbocycles. The Morgan fingerprint density at radius 1 is 1.04 bits per heavy atom. The topological polar surface area (TPSA) is 52.7 Å². The molecule has 5 nitrogen and oxygen atoms in total. The molecular formula is C22H31N3O2. The quantitative estimate of drug-likeness (QED) is 0.831. The molecule has 0 spiro atoms. The highest BCUT2D eigenvalue weighted by atomic mass is 16.2. The number of nitrogens with one attached hydrogen (secondary N) is 1. The fourth-order valence-electron chi connectivity index (χ4n) is 5.07. The highest BCUT2D eigenvalue weighted by molar-refractivity contribution is 6.35. The predicted octanol–water partition coefficient (Wildman–Crippen LogP) is 2.14.